The molecule has 0 aliphatic heterocycles. The van der Waals surface area contributed by atoms with E-state index < -0.39 is 15.6 Å². The molecular formula is C19H19N3O4S. The van der Waals surface area contributed by atoms with Gasteiger partial charge >= 0.3 is 0 Å². The van der Waals surface area contributed by atoms with Crippen molar-refractivity contribution in [3.63, 3.8) is 0 Å². The second-order valence-electron chi connectivity index (χ2n) is 6.03. The maximum Gasteiger partial charge on any atom is 0.282 e. The van der Waals surface area contributed by atoms with E-state index in [0.717, 1.165) is 0 Å². The van der Waals surface area contributed by atoms with Gasteiger partial charge in [-0.15, -0.1) is 0 Å². The lowest BCUT2D eigenvalue weighted by molar-refractivity contribution is 0.103. The van der Waals surface area contributed by atoms with Crippen molar-refractivity contribution >= 4 is 15.8 Å². The van der Waals surface area contributed by atoms with Crippen molar-refractivity contribution in [2.75, 3.05) is 0 Å². The van der Waals surface area contributed by atoms with E-state index in [1.807, 2.05) is 6.92 Å². The van der Waals surface area contributed by atoms with Crippen LogP contribution >= 0.6 is 0 Å². The molecule has 0 radical (unpaired) electrons. The predicted octanol–water partition coefficient (Wildman–Crippen LogP) is 1.85. The number of carbonyl (C=O) groups excluding carboxylic acids is 1. The molecule has 27 heavy (non-hydrogen) atoms. The van der Waals surface area contributed by atoms with Crippen molar-refractivity contribution in [1.82, 2.24) is 9.36 Å². The molecule has 3 rings (SSSR count). The number of hydrogen-bond acceptors (Lipinski definition) is 4. The zero-order valence-electron chi connectivity index (χ0n) is 14.9. The lowest BCUT2D eigenvalue weighted by atomic mass is 10.0. The van der Waals surface area contributed by atoms with Crippen molar-refractivity contribution < 1.29 is 13.2 Å². The second kappa shape index (κ2) is 6.98. The molecule has 8 heteroatoms. The maximum absolute atomic E-state index is 13.1. The molecule has 1 aromatic heterocycles. The van der Waals surface area contributed by atoms with Crippen LogP contribution in [0.3, 0.4) is 0 Å². The highest BCUT2D eigenvalue weighted by molar-refractivity contribution is 7.89. The minimum Gasteiger partial charge on any atom is -0.288 e. The Hall–Kier alpha value is -2.97. The average Bonchev–Trinajstić information content (AvgIpc) is 2.91. The van der Waals surface area contributed by atoms with Crippen LogP contribution in [0.5, 0.6) is 0 Å². The number of sulfonamides is 1. The van der Waals surface area contributed by atoms with Crippen molar-refractivity contribution in [2.24, 2.45) is 5.14 Å². The Morgan fingerprint density at radius 1 is 1.07 bits per heavy atom. The molecule has 0 atom stereocenters. The molecule has 2 N–H and O–H groups in total. The van der Waals surface area contributed by atoms with Crippen LogP contribution in [0.2, 0.25) is 0 Å². The highest BCUT2D eigenvalue weighted by Gasteiger charge is 2.24. The summed E-state index contributed by atoms with van der Waals surface area (Å²) in [4.78, 5) is 25.9. The van der Waals surface area contributed by atoms with Gasteiger partial charge in [-0.05, 0) is 32.0 Å². The van der Waals surface area contributed by atoms with E-state index >= 15 is 0 Å². The average molecular weight is 385 g/mol. The van der Waals surface area contributed by atoms with E-state index in [1.54, 1.807) is 48.0 Å². The molecule has 2 aromatic carbocycles. The van der Waals surface area contributed by atoms with Gasteiger partial charge in [-0.2, -0.15) is 0 Å². The van der Waals surface area contributed by atoms with E-state index in [-0.39, 0.29) is 16.2 Å². The first kappa shape index (κ1) is 18.8. The Labute approximate surface area is 156 Å². The van der Waals surface area contributed by atoms with Gasteiger partial charge < -0.3 is 0 Å². The fourth-order valence-corrected chi connectivity index (χ4v) is 3.63. The van der Waals surface area contributed by atoms with E-state index in [4.69, 9.17) is 5.14 Å². The fraction of sp³-hybridized carbons (Fsp3) is 0.158. The number of carbonyl (C=O) groups is 1. The molecule has 0 bridgehead atoms. The van der Waals surface area contributed by atoms with Crippen molar-refractivity contribution in [1.29, 1.82) is 0 Å². The molecule has 3 aromatic rings. The first-order chi connectivity index (χ1) is 12.8. The summed E-state index contributed by atoms with van der Waals surface area (Å²) in [5.41, 5.74) is 0.802. The van der Waals surface area contributed by atoms with Crippen LogP contribution in [0.4, 0.5) is 0 Å². The molecule has 140 valence electrons. The monoisotopic (exact) mass is 385 g/mol. The summed E-state index contributed by atoms with van der Waals surface area (Å²) in [5.74, 6) is -0.373. The molecule has 0 aliphatic rings. The molecular weight excluding hydrogens is 366 g/mol. The first-order valence-corrected chi connectivity index (χ1v) is 9.85. The third-order valence-electron chi connectivity index (χ3n) is 4.35. The number of benzene rings is 2. The summed E-state index contributed by atoms with van der Waals surface area (Å²) in [6.45, 7) is 3.95. The number of hydrogen-bond donors (Lipinski definition) is 1. The Balaban J connectivity index is 2.25. The summed E-state index contributed by atoms with van der Waals surface area (Å²) >= 11 is 0. The zero-order chi connectivity index (χ0) is 19.8. The molecule has 0 amide bonds. The third-order valence-corrected chi connectivity index (χ3v) is 5.26. The molecule has 1 heterocycles. The van der Waals surface area contributed by atoms with Crippen molar-refractivity contribution in [3.05, 3.63) is 81.8 Å². The minimum atomic E-state index is -3.92. The smallest absolute Gasteiger partial charge is 0.282 e. The van der Waals surface area contributed by atoms with Gasteiger partial charge in [0.1, 0.15) is 5.56 Å². The van der Waals surface area contributed by atoms with Gasteiger partial charge in [0.25, 0.3) is 5.56 Å². The standard InChI is InChI=1S/C19H19N3O4S/c1-3-21-13(2)17(18(23)14-8-5-4-6-9-14)19(24)22(21)15-10-7-11-16(12-15)27(20,25)26/h4-12H,3H2,1-2H3,(H2,20,25,26). The van der Waals surface area contributed by atoms with Crippen LogP contribution in [0.25, 0.3) is 5.69 Å². The van der Waals surface area contributed by atoms with E-state index in [2.05, 4.69) is 0 Å². The van der Waals surface area contributed by atoms with Gasteiger partial charge in [0, 0.05) is 17.8 Å². The highest BCUT2D eigenvalue weighted by atomic mass is 32.2. The van der Waals surface area contributed by atoms with Gasteiger partial charge in [-0.1, -0.05) is 36.4 Å². The highest BCUT2D eigenvalue weighted by Crippen LogP contribution is 2.17. The maximum atomic E-state index is 13.1. The lowest BCUT2D eigenvalue weighted by Gasteiger charge is -2.12. The van der Waals surface area contributed by atoms with Crippen LogP contribution in [0.1, 0.15) is 28.5 Å². The van der Waals surface area contributed by atoms with Crippen molar-refractivity contribution in [3.8, 4) is 5.69 Å². The van der Waals surface area contributed by atoms with Crippen LogP contribution in [-0.2, 0) is 16.6 Å². The van der Waals surface area contributed by atoms with Crippen LogP contribution in [0.15, 0.2) is 64.3 Å². The molecule has 7 nitrogen and oxygen atoms in total. The lowest BCUT2D eigenvalue weighted by Crippen LogP contribution is -2.24. The van der Waals surface area contributed by atoms with Crippen LogP contribution in [-0.4, -0.2) is 23.6 Å². The SMILES string of the molecule is CCn1c(C)c(C(=O)c2ccccc2)c(=O)n1-c1cccc(S(N)(=O)=O)c1. The summed E-state index contributed by atoms with van der Waals surface area (Å²) in [6.07, 6.45) is 0. The van der Waals surface area contributed by atoms with Gasteiger partial charge in [0.05, 0.1) is 10.6 Å². The van der Waals surface area contributed by atoms with E-state index in [0.29, 0.717) is 23.5 Å². The van der Waals surface area contributed by atoms with Gasteiger partial charge in [0.15, 0.2) is 5.78 Å². The first-order valence-electron chi connectivity index (χ1n) is 8.31. The number of aromatic nitrogens is 2. The largest absolute Gasteiger partial charge is 0.288 e. The van der Waals surface area contributed by atoms with Gasteiger partial charge in [-0.25, -0.2) is 18.2 Å². The Morgan fingerprint density at radius 3 is 2.33 bits per heavy atom. The van der Waals surface area contributed by atoms with E-state index in [1.165, 1.54) is 22.9 Å². The molecule has 0 aliphatic carbocycles. The third kappa shape index (κ3) is 3.36. The molecule has 0 saturated heterocycles. The number of ketones is 1. The Morgan fingerprint density at radius 2 is 1.74 bits per heavy atom. The Bertz CT molecular complexity index is 1180. The Kier molecular flexibility index (Phi) is 4.86. The van der Waals surface area contributed by atoms with Crippen LogP contribution in [0, 0.1) is 6.92 Å². The predicted molar refractivity (Wildman–Crippen MR) is 102 cm³/mol. The van der Waals surface area contributed by atoms with Gasteiger partial charge in [-0.3, -0.25) is 14.3 Å². The normalized spacial score (nSPS) is 11.5. The number of primary sulfonamides is 1. The molecule has 0 unspecified atom stereocenters. The number of nitrogens with two attached hydrogens (primary N) is 1. The summed E-state index contributed by atoms with van der Waals surface area (Å²) < 4.78 is 26.2. The molecule has 0 fully saturated rings. The van der Waals surface area contributed by atoms with Gasteiger partial charge in [0.2, 0.25) is 10.0 Å². The topological polar surface area (TPSA) is 104 Å². The fourth-order valence-electron chi connectivity index (χ4n) is 3.07. The number of nitrogens with zero attached hydrogens (tertiary/aromatic N) is 2. The molecule has 0 saturated carbocycles. The quantitative estimate of drug-likeness (QED) is 0.677. The number of rotatable bonds is 5. The van der Waals surface area contributed by atoms with Crippen molar-refractivity contribution in [2.45, 2.75) is 25.3 Å². The molecule has 0 spiro atoms. The van der Waals surface area contributed by atoms with Crippen LogP contribution < -0.4 is 10.7 Å². The second-order valence-corrected chi connectivity index (χ2v) is 7.59. The minimum absolute atomic E-state index is 0.0593. The summed E-state index contributed by atoms with van der Waals surface area (Å²) in [5, 5.41) is 5.20. The summed E-state index contributed by atoms with van der Waals surface area (Å²) in [7, 11) is -3.92. The zero-order valence-corrected chi connectivity index (χ0v) is 15.7. The van der Waals surface area contributed by atoms with E-state index in [9.17, 15) is 18.0 Å². The summed E-state index contributed by atoms with van der Waals surface area (Å²) in [6, 6.07) is 14.3.